The fourth-order valence-electron chi connectivity index (χ4n) is 0.942. The maximum absolute atomic E-state index is 11.6. The molecule has 2 nitrogen and oxygen atoms in total. The molecule has 0 unspecified atom stereocenters. The Balaban J connectivity index is 2.87. The molecule has 0 bridgehead atoms. The molecule has 82 valence electrons. The van der Waals surface area contributed by atoms with Gasteiger partial charge < -0.3 is 4.74 Å². The molecule has 0 spiro atoms. The van der Waals surface area contributed by atoms with Crippen molar-refractivity contribution in [1.29, 1.82) is 0 Å². The average molecular weight is 227 g/mol. The molecular weight excluding hydrogens is 212 g/mol. The molecule has 0 heterocycles. The summed E-state index contributed by atoms with van der Waals surface area (Å²) in [6, 6.07) is 5.34. The Kier molecular flexibility index (Phi) is 3.40. The summed E-state index contributed by atoms with van der Waals surface area (Å²) in [4.78, 5) is 11.6. The fraction of sp³-hybridized carbons (Fsp3) is 0.417. The molecule has 0 aliphatic carbocycles. The van der Waals surface area contributed by atoms with Gasteiger partial charge in [-0.1, -0.05) is 17.7 Å². The molecule has 0 radical (unpaired) electrons. The van der Waals surface area contributed by atoms with E-state index in [4.69, 9.17) is 16.3 Å². The van der Waals surface area contributed by atoms with Gasteiger partial charge in [-0.25, -0.2) is 0 Å². The number of benzene rings is 1. The highest BCUT2D eigenvalue weighted by molar-refractivity contribution is 6.32. The zero-order valence-electron chi connectivity index (χ0n) is 9.43. The smallest absolute Gasteiger partial charge is 0.316 e. The summed E-state index contributed by atoms with van der Waals surface area (Å²) in [5.41, 5.74) is 0.518. The van der Waals surface area contributed by atoms with Gasteiger partial charge >= 0.3 is 5.97 Å². The Labute approximate surface area is 95.2 Å². The minimum atomic E-state index is -0.520. The fourth-order valence-corrected chi connectivity index (χ4v) is 1.22. The van der Waals surface area contributed by atoms with Crippen molar-refractivity contribution < 1.29 is 9.53 Å². The largest absolute Gasteiger partial charge is 0.425 e. The summed E-state index contributed by atoms with van der Waals surface area (Å²) in [5, 5.41) is 0.465. The zero-order valence-corrected chi connectivity index (χ0v) is 10.2. The first kappa shape index (κ1) is 12.1. The van der Waals surface area contributed by atoms with Gasteiger partial charge in [-0.15, -0.1) is 0 Å². The summed E-state index contributed by atoms with van der Waals surface area (Å²) in [6.45, 7) is 7.34. The van der Waals surface area contributed by atoms with Crippen LogP contribution in [0.5, 0.6) is 5.75 Å². The SMILES string of the molecule is Cc1ccc(OC(=O)C(C)(C)C)c(Cl)c1. The highest BCUT2D eigenvalue weighted by Gasteiger charge is 2.24. The van der Waals surface area contributed by atoms with Crippen LogP contribution in [0, 0.1) is 12.3 Å². The number of carbonyl (C=O) groups is 1. The van der Waals surface area contributed by atoms with Crippen LogP contribution < -0.4 is 4.74 Å². The standard InChI is InChI=1S/C12H15ClO2/c1-8-5-6-10(9(13)7-8)15-11(14)12(2,3)4/h5-7H,1-4H3. The normalized spacial score (nSPS) is 11.3. The van der Waals surface area contributed by atoms with Crippen LogP contribution in [0.3, 0.4) is 0 Å². The van der Waals surface area contributed by atoms with Crippen molar-refractivity contribution in [2.75, 3.05) is 0 Å². The molecule has 1 rings (SSSR count). The van der Waals surface area contributed by atoms with Crippen LogP contribution in [0.1, 0.15) is 26.3 Å². The van der Waals surface area contributed by atoms with Crippen LogP contribution in [0.15, 0.2) is 18.2 Å². The Morgan fingerprint density at radius 1 is 1.33 bits per heavy atom. The molecule has 0 N–H and O–H groups in total. The molecule has 0 amide bonds. The number of ether oxygens (including phenoxy) is 1. The molecule has 0 fully saturated rings. The number of hydrogen-bond donors (Lipinski definition) is 0. The summed E-state index contributed by atoms with van der Waals surface area (Å²) >= 11 is 5.95. The summed E-state index contributed by atoms with van der Waals surface area (Å²) in [7, 11) is 0. The highest BCUT2D eigenvalue weighted by atomic mass is 35.5. The molecule has 1 aromatic carbocycles. The predicted molar refractivity (Wildman–Crippen MR) is 61.3 cm³/mol. The van der Waals surface area contributed by atoms with Crippen molar-refractivity contribution >= 4 is 17.6 Å². The van der Waals surface area contributed by atoms with Gasteiger partial charge in [0.1, 0.15) is 5.75 Å². The van der Waals surface area contributed by atoms with Gasteiger partial charge in [-0.05, 0) is 45.4 Å². The van der Waals surface area contributed by atoms with Crippen LogP contribution in [0.2, 0.25) is 5.02 Å². The van der Waals surface area contributed by atoms with Crippen LogP contribution in [0.25, 0.3) is 0 Å². The number of carbonyl (C=O) groups excluding carboxylic acids is 1. The van der Waals surface area contributed by atoms with Gasteiger partial charge in [-0.3, -0.25) is 4.79 Å². The zero-order chi connectivity index (χ0) is 11.6. The first-order chi connectivity index (χ1) is 6.80. The third kappa shape index (κ3) is 3.24. The number of rotatable bonds is 1. The quantitative estimate of drug-likeness (QED) is 0.540. The highest BCUT2D eigenvalue weighted by Crippen LogP contribution is 2.27. The molecule has 0 aliphatic heterocycles. The molecular formula is C12H15ClO2. The molecule has 0 saturated heterocycles. The summed E-state index contributed by atoms with van der Waals surface area (Å²) in [5.74, 6) is 0.135. The average Bonchev–Trinajstić information content (AvgIpc) is 2.08. The van der Waals surface area contributed by atoms with Crippen molar-refractivity contribution in [3.63, 3.8) is 0 Å². The Bertz CT molecular complexity index is 378. The summed E-state index contributed by atoms with van der Waals surface area (Å²) < 4.78 is 5.19. The number of esters is 1. The Hall–Kier alpha value is -1.02. The van der Waals surface area contributed by atoms with E-state index in [9.17, 15) is 4.79 Å². The first-order valence-corrected chi connectivity index (χ1v) is 5.17. The lowest BCUT2D eigenvalue weighted by Gasteiger charge is -2.16. The molecule has 1 aromatic rings. The van der Waals surface area contributed by atoms with E-state index in [1.165, 1.54) is 0 Å². The van der Waals surface area contributed by atoms with Crippen molar-refractivity contribution in [2.24, 2.45) is 5.41 Å². The first-order valence-electron chi connectivity index (χ1n) is 4.79. The van der Waals surface area contributed by atoms with E-state index < -0.39 is 5.41 Å². The van der Waals surface area contributed by atoms with Gasteiger partial charge in [0.2, 0.25) is 0 Å². The van der Waals surface area contributed by atoms with E-state index in [-0.39, 0.29) is 5.97 Å². The van der Waals surface area contributed by atoms with Crippen molar-refractivity contribution in [3.8, 4) is 5.75 Å². The third-order valence-electron chi connectivity index (χ3n) is 1.90. The van der Waals surface area contributed by atoms with Crippen molar-refractivity contribution in [1.82, 2.24) is 0 Å². The second kappa shape index (κ2) is 4.23. The van der Waals surface area contributed by atoms with Crippen LogP contribution in [-0.2, 0) is 4.79 Å². The Morgan fingerprint density at radius 2 is 1.93 bits per heavy atom. The Morgan fingerprint density at radius 3 is 2.40 bits per heavy atom. The molecule has 0 saturated carbocycles. The van der Waals surface area contributed by atoms with Gasteiger partial charge in [0.05, 0.1) is 10.4 Å². The van der Waals surface area contributed by atoms with E-state index in [2.05, 4.69) is 0 Å². The lowest BCUT2D eigenvalue weighted by molar-refractivity contribution is -0.142. The van der Waals surface area contributed by atoms with Gasteiger partial charge in [0.15, 0.2) is 0 Å². The van der Waals surface area contributed by atoms with Gasteiger partial charge in [0, 0.05) is 0 Å². The van der Waals surface area contributed by atoms with Crippen LogP contribution in [-0.4, -0.2) is 5.97 Å². The van der Waals surface area contributed by atoms with Crippen molar-refractivity contribution in [3.05, 3.63) is 28.8 Å². The number of hydrogen-bond acceptors (Lipinski definition) is 2. The minimum absolute atomic E-state index is 0.284. The monoisotopic (exact) mass is 226 g/mol. The molecule has 0 aliphatic rings. The van der Waals surface area contributed by atoms with Crippen molar-refractivity contribution in [2.45, 2.75) is 27.7 Å². The van der Waals surface area contributed by atoms with E-state index in [0.29, 0.717) is 10.8 Å². The number of aryl methyl sites for hydroxylation is 1. The van der Waals surface area contributed by atoms with Gasteiger partial charge in [0.25, 0.3) is 0 Å². The van der Waals surface area contributed by atoms with E-state index in [0.717, 1.165) is 5.56 Å². The van der Waals surface area contributed by atoms with E-state index in [1.807, 2.05) is 13.0 Å². The molecule has 0 atom stereocenters. The van der Waals surface area contributed by atoms with Crippen LogP contribution in [0.4, 0.5) is 0 Å². The minimum Gasteiger partial charge on any atom is -0.425 e. The van der Waals surface area contributed by atoms with E-state index in [1.54, 1.807) is 32.9 Å². The van der Waals surface area contributed by atoms with Crippen LogP contribution >= 0.6 is 11.6 Å². The molecule has 15 heavy (non-hydrogen) atoms. The second-order valence-electron chi connectivity index (χ2n) is 4.57. The second-order valence-corrected chi connectivity index (χ2v) is 4.98. The predicted octanol–water partition coefficient (Wildman–Crippen LogP) is 3.60. The molecule has 0 aromatic heterocycles. The molecule has 3 heteroatoms. The maximum Gasteiger partial charge on any atom is 0.316 e. The van der Waals surface area contributed by atoms with E-state index >= 15 is 0 Å². The lowest BCUT2D eigenvalue weighted by Crippen LogP contribution is -2.25. The number of halogens is 1. The topological polar surface area (TPSA) is 26.3 Å². The summed E-state index contributed by atoms with van der Waals surface area (Å²) in [6.07, 6.45) is 0. The lowest BCUT2D eigenvalue weighted by atomic mass is 9.97. The third-order valence-corrected chi connectivity index (χ3v) is 2.20. The maximum atomic E-state index is 11.6. The van der Waals surface area contributed by atoms with Gasteiger partial charge in [-0.2, -0.15) is 0 Å².